The summed E-state index contributed by atoms with van der Waals surface area (Å²) in [4.78, 5) is 0. The molecule has 0 bridgehead atoms. The Bertz CT molecular complexity index is 367. The van der Waals surface area contributed by atoms with Crippen LogP contribution in [-0.2, 0) is 11.2 Å². The molecule has 0 amide bonds. The van der Waals surface area contributed by atoms with Crippen molar-refractivity contribution in [3.05, 3.63) is 29.8 Å². The third kappa shape index (κ3) is 3.47. The van der Waals surface area contributed by atoms with Crippen molar-refractivity contribution in [2.24, 2.45) is 0 Å². The monoisotopic (exact) mass is 249 g/mol. The fourth-order valence-electron chi connectivity index (χ4n) is 2.40. The van der Waals surface area contributed by atoms with E-state index in [0.717, 1.165) is 31.6 Å². The lowest BCUT2D eigenvalue weighted by Gasteiger charge is -2.15. The van der Waals surface area contributed by atoms with E-state index in [0.29, 0.717) is 12.7 Å². The number of ether oxygens (including phenoxy) is 2. The number of aryl methyl sites for hydroxylation is 1. The number of likely N-dealkylation sites (N-methyl/N-ethyl adjacent to an activating group) is 1. The van der Waals surface area contributed by atoms with Gasteiger partial charge in [0.1, 0.15) is 12.4 Å². The normalized spacial score (nSPS) is 23.2. The predicted octanol–water partition coefficient (Wildman–Crippen LogP) is 2.39. The van der Waals surface area contributed by atoms with Crippen molar-refractivity contribution in [1.29, 1.82) is 0 Å². The Hall–Kier alpha value is -1.06. The summed E-state index contributed by atoms with van der Waals surface area (Å²) in [6.45, 7) is 3.75. The summed E-state index contributed by atoms with van der Waals surface area (Å²) in [5.41, 5.74) is 1.27. The van der Waals surface area contributed by atoms with Crippen molar-refractivity contribution in [3.63, 3.8) is 0 Å². The molecule has 2 unspecified atom stereocenters. The Morgan fingerprint density at radius 1 is 1.28 bits per heavy atom. The van der Waals surface area contributed by atoms with Crippen molar-refractivity contribution in [3.8, 4) is 5.75 Å². The molecule has 0 spiro atoms. The standard InChI is InChI=1S/C15H23NO2/c1-3-12-6-4-5-7-15(12)17-11-14-9-8-13(18-14)10-16-2/h4-7,13-14,16H,3,8-11H2,1-2H3. The Kier molecular flexibility index (Phi) is 5.02. The molecule has 0 saturated carbocycles. The second kappa shape index (κ2) is 6.76. The molecule has 0 aliphatic carbocycles. The SMILES string of the molecule is CCc1ccccc1OCC1CCC(CNC)O1. The summed E-state index contributed by atoms with van der Waals surface area (Å²) in [6, 6.07) is 8.24. The molecule has 100 valence electrons. The van der Waals surface area contributed by atoms with E-state index in [2.05, 4.69) is 24.4 Å². The van der Waals surface area contributed by atoms with Crippen LogP contribution in [0.25, 0.3) is 0 Å². The minimum Gasteiger partial charge on any atom is -0.491 e. The van der Waals surface area contributed by atoms with E-state index in [4.69, 9.17) is 9.47 Å². The molecule has 1 fully saturated rings. The fraction of sp³-hybridized carbons (Fsp3) is 0.600. The molecule has 0 aromatic heterocycles. The van der Waals surface area contributed by atoms with Crippen LogP contribution in [0.5, 0.6) is 5.75 Å². The molecule has 3 nitrogen and oxygen atoms in total. The van der Waals surface area contributed by atoms with Gasteiger partial charge in [-0.3, -0.25) is 0 Å². The molecule has 1 aromatic carbocycles. The highest BCUT2D eigenvalue weighted by atomic mass is 16.5. The zero-order valence-electron chi connectivity index (χ0n) is 11.3. The van der Waals surface area contributed by atoms with Crippen molar-refractivity contribution in [2.45, 2.75) is 38.4 Å². The minimum atomic E-state index is 0.244. The maximum atomic E-state index is 5.91. The second-order valence-electron chi connectivity index (χ2n) is 4.79. The number of hydrogen-bond donors (Lipinski definition) is 1. The Morgan fingerprint density at radius 2 is 2.06 bits per heavy atom. The summed E-state index contributed by atoms with van der Waals surface area (Å²) >= 11 is 0. The average Bonchev–Trinajstić information content (AvgIpc) is 2.85. The fourth-order valence-corrected chi connectivity index (χ4v) is 2.40. The molecule has 1 aliphatic rings. The maximum Gasteiger partial charge on any atom is 0.122 e. The summed E-state index contributed by atoms with van der Waals surface area (Å²) in [7, 11) is 1.96. The van der Waals surface area contributed by atoms with Crippen molar-refractivity contribution in [1.82, 2.24) is 5.32 Å². The quantitative estimate of drug-likeness (QED) is 0.839. The molecule has 0 radical (unpaired) electrons. The van der Waals surface area contributed by atoms with Gasteiger partial charge in [-0.25, -0.2) is 0 Å². The highest BCUT2D eigenvalue weighted by Gasteiger charge is 2.25. The molecule has 2 rings (SSSR count). The van der Waals surface area contributed by atoms with Crippen LogP contribution in [0.3, 0.4) is 0 Å². The summed E-state index contributed by atoms with van der Waals surface area (Å²) in [5, 5.41) is 3.16. The smallest absolute Gasteiger partial charge is 0.122 e. The number of nitrogens with one attached hydrogen (secondary N) is 1. The van der Waals surface area contributed by atoms with Gasteiger partial charge in [-0.05, 0) is 37.9 Å². The Labute approximate surface area is 109 Å². The first-order chi connectivity index (χ1) is 8.83. The van der Waals surface area contributed by atoms with Crippen LogP contribution in [0.4, 0.5) is 0 Å². The van der Waals surface area contributed by atoms with E-state index in [1.807, 2.05) is 19.2 Å². The van der Waals surface area contributed by atoms with E-state index < -0.39 is 0 Å². The molecule has 1 aromatic rings. The van der Waals surface area contributed by atoms with Crippen LogP contribution in [0.15, 0.2) is 24.3 Å². The number of rotatable bonds is 6. The molecule has 1 aliphatic heterocycles. The summed E-state index contributed by atoms with van der Waals surface area (Å²) in [5.74, 6) is 1.00. The van der Waals surface area contributed by atoms with E-state index >= 15 is 0 Å². The van der Waals surface area contributed by atoms with Gasteiger partial charge in [0.25, 0.3) is 0 Å². The van der Waals surface area contributed by atoms with Gasteiger partial charge >= 0.3 is 0 Å². The molecule has 1 heterocycles. The largest absolute Gasteiger partial charge is 0.491 e. The minimum absolute atomic E-state index is 0.244. The van der Waals surface area contributed by atoms with Gasteiger partial charge in [0.2, 0.25) is 0 Å². The maximum absolute atomic E-state index is 5.91. The number of para-hydroxylation sites is 1. The lowest BCUT2D eigenvalue weighted by atomic mass is 10.1. The lowest BCUT2D eigenvalue weighted by molar-refractivity contribution is 0.0192. The van der Waals surface area contributed by atoms with Gasteiger partial charge in [0, 0.05) is 6.54 Å². The predicted molar refractivity (Wildman–Crippen MR) is 73.1 cm³/mol. The zero-order chi connectivity index (χ0) is 12.8. The molecule has 1 saturated heterocycles. The third-order valence-corrected chi connectivity index (χ3v) is 3.41. The summed E-state index contributed by atoms with van der Waals surface area (Å²) < 4.78 is 11.8. The highest BCUT2D eigenvalue weighted by molar-refractivity contribution is 5.33. The van der Waals surface area contributed by atoms with Crippen LogP contribution in [0, 0.1) is 0 Å². The van der Waals surface area contributed by atoms with Crippen molar-refractivity contribution >= 4 is 0 Å². The van der Waals surface area contributed by atoms with Gasteiger partial charge in [0.15, 0.2) is 0 Å². The molecular weight excluding hydrogens is 226 g/mol. The van der Waals surface area contributed by atoms with Crippen LogP contribution in [0.1, 0.15) is 25.3 Å². The zero-order valence-corrected chi connectivity index (χ0v) is 11.3. The Morgan fingerprint density at radius 3 is 2.83 bits per heavy atom. The molecule has 2 atom stereocenters. The first-order valence-corrected chi connectivity index (χ1v) is 6.84. The van der Waals surface area contributed by atoms with Crippen LogP contribution >= 0.6 is 0 Å². The molecule has 3 heteroatoms. The van der Waals surface area contributed by atoms with E-state index in [1.165, 1.54) is 5.56 Å². The molecular formula is C15H23NO2. The first-order valence-electron chi connectivity index (χ1n) is 6.84. The van der Waals surface area contributed by atoms with Crippen molar-refractivity contribution < 1.29 is 9.47 Å². The molecule has 1 N–H and O–H groups in total. The van der Waals surface area contributed by atoms with Gasteiger partial charge in [-0.2, -0.15) is 0 Å². The summed E-state index contributed by atoms with van der Waals surface area (Å²) in [6.07, 6.45) is 3.83. The van der Waals surface area contributed by atoms with E-state index in [-0.39, 0.29) is 6.10 Å². The Balaban J connectivity index is 1.81. The van der Waals surface area contributed by atoms with E-state index in [1.54, 1.807) is 0 Å². The average molecular weight is 249 g/mol. The second-order valence-corrected chi connectivity index (χ2v) is 4.79. The first kappa shape index (κ1) is 13.4. The van der Waals surface area contributed by atoms with Crippen LogP contribution in [-0.4, -0.2) is 32.4 Å². The topological polar surface area (TPSA) is 30.5 Å². The highest BCUT2D eigenvalue weighted by Crippen LogP contribution is 2.22. The van der Waals surface area contributed by atoms with Gasteiger partial charge in [-0.15, -0.1) is 0 Å². The van der Waals surface area contributed by atoms with Crippen molar-refractivity contribution in [2.75, 3.05) is 20.2 Å². The van der Waals surface area contributed by atoms with Gasteiger partial charge < -0.3 is 14.8 Å². The number of benzene rings is 1. The van der Waals surface area contributed by atoms with Gasteiger partial charge in [0.05, 0.1) is 12.2 Å². The third-order valence-electron chi connectivity index (χ3n) is 3.41. The lowest BCUT2D eigenvalue weighted by Crippen LogP contribution is -2.26. The van der Waals surface area contributed by atoms with Crippen LogP contribution in [0.2, 0.25) is 0 Å². The number of hydrogen-bond acceptors (Lipinski definition) is 3. The van der Waals surface area contributed by atoms with Crippen LogP contribution < -0.4 is 10.1 Å². The van der Waals surface area contributed by atoms with E-state index in [9.17, 15) is 0 Å². The molecule has 18 heavy (non-hydrogen) atoms. The van der Waals surface area contributed by atoms with Gasteiger partial charge in [-0.1, -0.05) is 25.1 Å².